The summed E-state index contributed by atoms with van der Waals surface area (Å²) < 4.78 is 2.22. The number of rotatable bonds is 6. The van der Waals surface area contributed by atoms with Crippen LogP contribution >= 0.6 is 0 Å². The maximum atomic E-state index is 8.85. The molecule has 3 nitrogen and oxygen atoms in total. The van der Waals surface area contributed by atoms with Crippen LogP contribution in [0, 0.1) is 5.92 Å². The number of hydrogen-bond donors (Lipinski definition) is 2. The summed E-state index contributed by atoms with van der Waals surface area (Å²) in [5.41, 5.74) is 1.30. The predicted octanol–water partition coefficient (Wildman–Crippen LogP) is 1.23. The first-order valence-electron chi connectivity index (χ1n) is 5.23. The molecule has 0 aliphatic heterocycles. The molecule has 1 atom stereocenters. The molecular formula is C11H20N2O. The largest absolute Gasteiger partial charge is 0.396 e. The molecule has 2 N–H and O–H groups in total. The number of hydrogen-bond acceptors (Lipinski definition) is 2. The first-order chi connectivity index (χ1) is 6.77. The van der Waals surface area contributed by atoms with E-state index in [4.69, 9.17) is 5.11 Å². The van der Waals surface area contributed by atoms with Crippen LogP contribution in [0.15, 0.2) is 18.3 Å². The number of aliphatic hydroxyl groups excluding tert-OH is 1. The predicted molar refractivity (Wildman–Crippen MR) is 58.1 cm³/mol. The van der Waals surface area contributed by atoms with Gasteiger partial charge in [-0.2, -0.15) is 0 Å². The van der Waals surface area contributed by atoms with Crippen LogP contribution < -0.4 is 5.32 Å². The molecule has 14 heavy (non-hydrogen) atoms. The lowest BCUT2D eigenvalue weighted by atomic mass is 10.2. The van der Waals surface area contributed by atoms with Crippen LogP contribution in [0.4, 0.5) is 0 Å². The van der Waals surface area contributed by atoms with Crippen molar-refractivity contribution in [1.29, 1.82) is 0 Å². The van der Waals surface area contributed by atoms with Crippen molar-refractivity contribution in [1.82, 2.24) is 9.88 Å². The van der Waals surface area contributed by atoms with E-state index in [2.05, 4.69) is 35.1 Å². The minimum atomic E-state index is 0.252. The Labute approximate surface area is 85.7 Å². The number of nitrogens with one attached hydrogen (secondary N) is 1. The fraction of sp³-hybridized carbons (Fsp3) is 0.636. The van der Waals surface area contributed by atoms with Gasteiger partial charge in [-0.05, 0) is 25.0 Å². The Morgan fingerprint density at radius 1 is 1.57 bits per heavy atom. The molecule has 3 heteroatoms. The highest BCUT2D eigenvalue weighted by Crippen LogP contribution is 2.01. The molecule has 0 aromatic carbocycles. The highest BCUT2D eigenvalue weighted by atomic mass is 16.3. The average Bonchev–Trinajstić information content (AvgIpc) is 2.65. The van der Waals surface area contributed by atoms with Crippen molar-refractivity contribution in [2.75, 3.05) is 13.2 Å². The van der Waals surface area contributed by atoms with Crippen LogP contribution in [-0.2, 0) is 13.1 Å². The maximum Gasteiger partial charge on any atom is 0.0468 e. The van der Waals surface area contributed by atoms with Crippen LogP contribution in [0.1, 0.15) is 19.5 Å². The molecular weight excluding hydrogens is 176 g/mol. The van der Waals surface area contributed by atoms with E-state index in [9.17, 15) is 0 Å². The standard InChI is InChI=1S/C11H20N2O/c1-3-13-6-4-5-11(13)8-12-7-10(2)9-14/h4-6,10,12,14H,3,7-9H2,1-2H3. The summed E-state index contributed by atoms with van der Waals surface area (Å²) in [6.45, 7) is 7.18. The summed E-state index contributed by atoms with van der Waals surface area (Å²) in [6.07, 6.45) is 2.09. The third-order valence-electron chi connectivity index (χ3n) is 2.37. The van der Waals surface area contributed by atoms with Crippen LogP contribution in [0.3, 0.4) is 0 Å². The molecule has 0 radical (unpaired) electrons. The van der Waals surface area contributed by atoms with Crippen molar-refractivity contribution in [2.45, 2.75) is 26.9 Å². The van der Waals surface area contributed by atoms with E-state index < -0.39 is 0 Å². The Morgan fingerprint density at radius 2 is 2.36 bits per heavy atom. The van der Waals surface area contributed by atoms with Crippen molar-refractivity contribution in [2.24, 2.45) is 5.92 Å². The normalized spacial score (nSPS) is 13.1. The summed E-state index contributed by atoms with van der Waals surface area (Å²) in [6, 6.07) is 4.19. The number of nitrogens with zero attached hydrogens (tertiary/aromatic N) is 1. The Balaban J connectivity index is 2.31. The zero-order valence-corrected chi connectivity index (χ0v) is 9.03. The molecule has 0 spiro atoms. The molecule has 0 bridgehead atoms. The third kappa shape index (κ3) is 3.16. The number of aromatic nitrogens is 1. The van der Waals surface area contributed by atoms with Crippen LogP contribution in [0.25, 0.3) is 0 Å². The second-order valence-electron chi connectivity index (χ2n) is 3.70. The van der Waals surface area contributed by atoms with Gasteiger partial charge in [0.1, 0.15) is 0 Å². The fourth-order valence-electron chi connectivity index (χ4n) is 1.43. The summed E-state index contributed by atoms with van der Waals surface area (Å²) in [5.74, 6) is 0.333. The van der Waals surface area contributed by atoms with Crippen molar-refractivity contribution < 1.29 is 5.11 Å². The van der Waals surface area contributed by atoms with Gasteiger partial charge in [0, 0.05) is 38.1 Å². The van der Waals surface area contributed by atoms with Gasteiger partial charge in [0.2, 0.25) is 0 Å². The lowest BCUT2D eigenvalue weighted by Gasteiger charge is -2.11. The van der Waals surface area contributed by atoms with Crippen molar-refractivity contribution in [3.05, 3.63) is 24.0 Å². The zero-order valence-electron chi connectivity index (χ0n) is 9.03. The summed E-state index contributed by atoms with van der Waals surface area (Å²) >= 11 is 0. The molecule has 1 aromatic heterocycles. The molecule has 0 amide bonds. The second kappa shape index (κ2) is 5.83. The van der Waals surface area contributed by atoms with E-state index in [1.165, 1.54) is 5.69 Å². The molecule has 0 saturated heterocycles. The highest BCUT2D eigenvalue weighted by molar-refractivity contribution is 5.06. The Kier molecular flexibility index (Phi) is 4.70. The lowest BCUT2D eigenvalue weighted by Crippen LogP contribution is -2.23. The molecule has 1 aromatic rings. The fourth-order valence-corrected chi connectivity index (χ4v) is 1.43. The smallest absolute Gasteiger partial charge is 0.0468 e. The lowest BCUT2D eigenvalue weighted by molar-refractivity contribution is 0.233. The van der Waals surface area contributed by atoms with Gasteiger partial charge in [-0.3, -0.25) is 0 Å². The summed E-state index contributed by atoms with van der Waals surface area (Å²) in [7, 11) is 0. The average molecular weight is 196 g/mol. The molecule has 0 saturated carbocycles. The Hall–Kier alpha value is -0.800. The topological polar surface area (TPSA) is 37.2 Å². The molecule has 0 fully saturated rings. The SMILES string of the molecule is CCn1cccc1CNCC(C)CO. The van der Waals surface area contributed by atoms with Crippen molar-refractivity contribution in [3.8, 4) is 0 Å². The minimum Gasteiger partial charge on any atom is -0.396 e. The van der Waals surface area contributed by atoms with Gasteiger partial charge < -0.3 is 15.0 Å². The number of aliphatic hydroxyl groups is 1. The van der Waals surface area contributed by atoms with Crippen LogP contribution in [0.2, 0.25) is 0 Å². The molecule has 1 rings (SSSR count). The van der Waals surface area contributed by atoms with Crippen molar-refractivity contribution in [3.63, 3.8) is 0 Å². The van der Waals surface area contributed by atoms with Gasteiger partial charge in [-0.15, -0.1) is 0 Å². The van der Waals surface area contributed by atoms with Gasteiger partial charge in [-0.25, -0.2) is 0 Å². The maximum absolute atomic E-state index is 8.85. The molecule has 1 heterocycles. The van der Waals surface area contributed by atoms with Gasteiger partial charge in [-0.1, -0.05) is 6.92 Å². The van der Waals surface area contributed by atoms with Gasteiger partial charge in [0.25, 0.3) is 0 Å². The Bertz CT molecular complexity index is 258. The minimum absolute atomic E-state index is 0.252. The van der Waals surface area contributed by atoms with Crippen molar-refractivity contribution >= 4 is 0 Å². The summed E-state index contributed by atoms with van der Waals surface area (Å²) in [5, 5.41) is 12.2. The van der Waals surface area contributed by atoms with Crippen LogP contribution in [-0.4, -0.2) is 22.8 Å². The summed E-state index contributed by atoms with van der Waals surface area (Å²) in [4.78, 5) is 0. The quantitative estimate of drug-likeness (QED) is 0.718. The second-order valence-corrected chi connectivity index (χ2v) is 3.70. The van der Waals surface area contributed by atoms with Gasteiger partial charge in [0.15, 0.2) is 0 Å². The molecule has 0 aliphatic rings. The third-order valence-corrected chi connectivity index (χ3v) is 2.37. The first kappa shape index (κ1) is 11.3. The highest BCUT2D eigenvalue weighted by Gasteiger charge is 2.01. The molecule has 80 valence electrons. The first-order valence-corrected chi connectivity index (χ1v) is 5.23. The van der Waals surface area contributed by atoms with Gasteiger partial charge >= 0.3 is 0 Å². The van der Waals surface area contributed by atoms with Crippen LogP contribution in [0.5, 0.6) is 0 Å². The van der Waals surface area contributed by atoms with E-state index >= 15 is 0 Å². The van der Waals surface area contributed by atoms with E-state index in [1.54, 1.807) is 0 Å². The van der Waals surface area contributed by atoms with E-state index in [-0.39, 0.29) is 6.61 Å². The Morgan fingerprint density at radius 3 is 3.00 bits per heavy atom. The molecule has 0 aliphatic carbocycles. The van der Waals surface area contributed by atoms with E-state index in [0.29, 0.717) is 5.92 Å². The molecule has 1 unspecified atom stereocenters. The van der Waals surface area contributed by atoms with E-state index in [1.807, 2.05) is 6.92 Å². The zero-order chi connectivity index (χ0) is 10.4. The van der Waals surface area contributed by atoms with E-state index in [0.717, 1.165) is 19.6 Å². The number of aryl methyl sites for hydroxylation is 1. The monoisotopic (exact) mass is 196 g/mol. The van der Waals surface area contributed by atoms with Gasteiger partial charge in [0.05, 0.1) is 0 Å².